The smallest absolute Gasteiger partial charge is 0.272 e. The van der Waals surface area contributed by atoms with Crippen LogP contribution in [0.1, 0.15) is 22.2 Å². The highest BCUT2D eigenvalue weighted by Gasteiger charge is 2.10. The largest absolute Gasteiger partial charge is 0.382 e. The third-order valence-corrected chi connectivity index (χ3v) is 1.86. The van der Waals surface area contributed by atoms with Gasteiger partial charge in [0.2, 0.25) is 5.89 Å². The lowest BCUT2D eigenvalue weighted by molar-refractivity contribution is 0.0941. The summed E-state index contributed by atoms with van der Waals surface area (Å²) in [5.41, 5.74) is 5.55. The van der Waals surface area contributed by atoms with Crippen molar-refractivity contribution in [1.82, 2.24) is 25.4 Å². The monoisotopic (exact) mass is 234 g/mol. The highest BCUT2D eigenvalue weighted by atomic mass is 16.5. The summed E-state index contributed by atoms with van der Waals surface area (Å²) in [5.74, 6) is 0.623. The van der Waals surface area contributed by atoms with Crippen LogP contribution in [0.25, 0.3) is 0 Å². The van der Waals surface area contributed by atoms with E-state index < -0.39 is 5.91 Å². The van der Waals surface area contributed by atoms with E-state index in [1.54, 1.807) is 6.92 Å². The second-order valence-electron chi connectivity index (χ2n) is 3.25. The number of hydrogen-bond acceptors (Lipinski definition) is 7. The number of aromatic nitrogens is 4. The van der Waals surface area contributed by atoms with Crippen LogP contribution in [-0.2, 0) is 6.54 Å². The molecule has 2 aromatic rings. The van der Waals surface area contributed by atoms with Gasteiger partial charge < -0.3 is 15.6 Å². The maximum atomic E-state index is 11.6. The molecule has 0 unspecified atom stereocenters. The highest BCUT2D eigenvalue weighted by Crippen LogP contribution is 1.99. The minimum Gasteiger partial charge on any atom is -0.382 e. The van der Waals surface area contributed by atoms with Crippen LogP contribution in [-0.4, -0.2) is 26.0 Å². The Morgan fingerprint density at radius 1 is 1.47 bits per heavy atom. The summed E-state index contributed by atoms with van der Waals surface area (Å²) in [4.78, 5) is 23.2. The Morgan fingerprint density at radius 2 is 2.29 bits per heavy atom. The Kier molecular flexibility index (Phi) is 2.95. The Balaban J connectivity index is 1.98. The van der Waals surface area contributed by atoms with Gasteiger partial charge in [-0.25, -0.2) is 4.98 Å². The zero-order chi connectivity index (χ0) is 12.3. The fraction of sp³-hybridized carbons (Fsp3) is 0.222. The molecule has 0 aliphatic rings. The van der Waals surface area contributed by atoms with Gasteiger partial charge in [-0.15, -0.1) is 0 Å². The van der Waals surface area contributed by atoms with E-state index in [4.69, 9.17) is 10.3 Å². The molecule has 0 spiro atoms. The fourth-order valence-electron chi connectivity index (χ4n) is 1.15. The van der Waals surface area contributed by atoms with Crippen LogP contribution >= 0.6 is 0 Å². The fourth-order valence-corrected chi connectivity index (χ4v) is 1.15. The number of nitrogens with zero attached hydrogens (tertiary/aromatic N) is 4. The number of nitrogens with two attached hydrogens (primary N) is 1. The zero-order valence-corrected chi connectivity index (χ0v) is 9.04. The normalized spacial score (nSPS) is 10.2. The van der Waals surface area contributed by atoms with E-state index in [0.717, 1.165) is 0 Å². The number of carbonyl (C=O) groups is 1. The Hall–Kier alpha value is -2.51. The van der Waals surface area contributed by atoms with E-state index in [1.165, 1.54) is 12.4 Å². The summed E-state index contributed by atoms with van der Waals surface area (Å²) in [7, 11) is 0. The van der Waals surface area contributed by atoms with E-state index in [9.17, 15) is 4.79 Å². The van der Waals surface area contributed by atoms with Crippen molar-refractivity contribution in [3.05, 3.63) is 29.8 Å². The number of anilines is 1. The van der Waals surface area contributed by atoms with Gasteiger partial charge in [0.15, 0.2) is 5.82 Å². The summed E-state index contributed by atoms with van der Waals surface area (Å²) >= 11 is 0. The topological polar surface area (TPSA) is 120 Å². The van der Waals surface area contributed by atoms with Gasteiger partial charge in [-0.05, 0) is 6.92 Å². The first kappa shape index (κ1) is 11.0. The molecule has 0 saturated heterocycles. The average Bonchev–Trinajstić information content (AvgIpc) is 2.72. The summed E-state index contributed by atoms with van der Waals surface area (Å²) in [6.07, 6.45) is 2.68. The van der Waals surface area contributed by atoms with Gasteiger partial charge in [0, 0.05) is 0 Å². The standard InChI is InChI=1S/C9H10N6O2/c1-5-13-8(17-15-5)4-12-9(16)6-2-11-3-7(10)14-6/h2-3H,4H2,1H3,(H2,10,14)(H,12,16). The van der Waals surface area contributed by atoms with E-state index in [2.05, 4.69) is 25.4 Å². The van der Waals surface area contributed by atoms with Crippen molar-refractivity contribution >= 4 is 11.7 Å². The number of nitrogens with one attached hydrogen (secondary N) is 1. The molecule has 0 aliphatic carbocycles. The van der Waals surface area contributed by atoms with Crippen LogP contribution in [0.5, 0.6) is 0 Å². The lowest BCUT2D eigenvalue weighted by Gasteiger charge is -2.01. The lowest BCUT2D eigenvalue weighted by atomic mass is 10.4. The van der Waals surface area contributed by atoms with Crippen LogP contribution in [0.3, 0.4) is 0 Å². The molecule has 8 heteroatoms. The molecule has 2 aromatic heterocycles. The van der Waals surface area contributed by atoms with E-state index in [1.807, 2.05) is 0 Å². The third kappa shape index (κ3) is 2.74. The molecule has 0 aromatic carbocycles. The van der Waals surface area contributed by atoms with Crippen LogP contribution in [0, 0.1) is 6.92 Å². The highest BCUT2D eigenvalue weighted by molar-refractivity contribution is 5.92. The molecular weight excluding hydrogens is 224 g/mol. The summed E-state index contributed by atoms with van der Waals surface area (Å²) in [6, 6.07) is 0. The SMILES string of the molecule is Cc1noc(CNC(=O)c2cncc(N)n2)n1. The molecule has 0 saturated carbocycles. The van der Waals surface area contributed by atoms with Gasteiger partial charge in [-0.3, -0.25) is 9.78 Å². The Morgan fingerprint density at radius 3 is 2.94 bits per heavy atom. The first-order chi connectivity index (χ1) is 8.15. The summed E-state index contributed by atoms with van der Waals surface area (Å²) in [6.45, 7) is 1.83. The van der Waals surface area contributed by atoms with Crippen LogP contribution in [0.4, 0.5) is 5.82 Å². The second kappa shape index (κ2) is 4.56. The van der Waals surface area contributed by atoms with Gasteiger partial charge in [0.25, 0.3) is 5.91 Å². The van der Waals surface area contributed by atoms with Gasteiger partial charge in [0.1, 0.15) is 11.5 Å². The minimum atomic E-state index is -0.402. The summed E-state index contributed by atoms with van der Waals surface area (Å²) in [5, 5.41) is 6.16. The molecule has 0 bridgehead atoms. The molecule has 0 aliphatic heterocycles. The van der Waals surface area contributed by atoms with Crippen molar-refractivity contribution in [3.63, 3.8) is 0 Å². The van der Waals surface area contributed by atoms with Crippen molar-refractivity contribution < 1.29 is 9.32 Å². The number of nitrogen functional groups attached to an aromatic ring is 1. The van der Waals surface area contributed by atoms with Crippen molar-refractivity contribution in [2.45, 2.75) is 13.5 Å². The Bertz CT molecular complexity index is 538. The number of amides is 1. The first-order valence-corrected chi connectivity index (χ1v) is 4.80. The van der Waals surface area contributed by atoms with Gasteiger partial charge >= 0.3 is 0 Å². The number of hydrogen-bond donors (Lipinski definition) is 2. The van der Waals surface area contributed by atoms with Crippen LogP contribution in [0.2, 0.25) is 0 Å². The number of carbonyl (C=O) groups excluding carboxylic acids is 1. The molecule has 88 valence electrons. The zero-order valence-electron chi connectivity index (χ0n) is 9.04. The van der Waals surface area contributed by atoms with Crippen molar-refractivity contribution in [3.8, 4) is 0 Å². The molecule has 3 N–H and O–H groups in total. The van der Waals surface area contributed by atoms with Crippen LogP contribution in [0.15, 0.2) is 16.9 Å². The van der Waals surface area contributed by atoms with Crippen LogP contribution < -0.4 is 11.1 Å². The third-order valence-electron chi connectivity index (χ3n) is 1.86. The molecule has 2 heterocycles. The molecule has 0 radical (unpaired) electrons. The quantitative estimate of drug-likeness (QED) is 0.746. The van der Waals surface area contributed by atoms with E-state index in [0.29, 0.717) is 11.7 Å². The van der Waals surface area contributed by atoms with Crippen molar-refractivity contribution in [2.24, 2.45) is 0 Å². The maximum absolute atomic E-state index is 11.6. The second-order valence-corrected chi connectivity index (χ2v) is 3.25. The average molecular weight is 234 g/mol. The molecule has 2 rings (SSSR count). The van der Waals surface area contributed by atoms with Crippen molar-refractivity contribution in [1.29, 1.82) is 0 Å². The molecule has 17 heavy (non-hydrogen) atoms. The first-order valence-electron chi connectivity index (χ1n) is 4.80. The van der Waals surface area contributed by atoms with Gasteiger partial charge in [-0.2, -0.15) is 4.98 Å². The predicted octanol–water partition coefficient (Wildman–Crippen LogP) is -0.320. The minimum absolute atomic E-state index is 0.135. The van der Waals surface area contributed by atoms with E-state index in [-0.39, 0.29) is 18.1 Å². The summed E-state index contributed by atoms with van der Waals surface area (Å²) < 4.78 is 4.84. The molecule has 1 amide bonds. The molecule has 0 atom stereocenters. The van der Waals surface area contributed by atoms with Crippen molar-refractivity contribution in [2.75, 3.05) is 5.73 Å². The molecule has 0 fully saturated rings. The maximum Gasteiger partial charge on any atom is 0.272 e. The molecular formula is C9H10N6O2. The van der Waals surface area contributed by atoms with Gasteiger partial charge in [-0.1, -0.05) is 5.16 Å². The predicted molar refractivity (Wildman–Crippen MR) is 56.6 cm³/mol. The van der Waals surface area contributed by atoms with Gasteiger partial charge in [0.05, 0.1) is 18.9 Å². The molecule has 8 nitrogen and oxygen atoms in total. The Labute approximate surface area is 96.3 Å². The number of rotatable bonds is 3. The number of aryl methyl sites for hydroxylation is 1. The van der Waals surface area contributed by atoms with E-state index >= 15 is 0 Å². The lowest BCUT2D eigenvalue weighted by Crippen LogP contribution is -2.24.